The van der Waals surface area contributed by atoms with E-state index in [9.17, 15) is 4.79 Å². The van der Waals surface area contributed by atoms with Crippen LogP contribution in [0.1, 0.15) is 29.9 Å². The molecule has 0 aliphatic heterocycles. The van der Waals surface area contributed by atoms with E-state index in [1.165, 1.54) is 0 Å². The van der Waals surface area contributed by atoms with Gasteiger partial charge in [-0.15, -0.1) is 0 Å². The Labute approximate surface area is 141 Å². The van der Waals surface area contributed by atoms with Crippen LogP contribution in [0.5, 0.6) is 5.75 Å². The van der Waals surface area contributed by atoms with E-state index in [2.05, 4.69) is 22.1 Å². The van der Waals surface area contributed by atoms with Gasteiger partial charge in [-0.2, -0.15) is 0 Å². The van der Waals surface area contributed by atoms with Crippen LogP contribution in [0.4, 0.5) is 0 Å². The first-order valence-electron chi connectivity index (χ1n) is 7.97. The van der Waals surface area contributed by atoms with Crippen molar-refractivity contribution in [3.63, 3.8) is 0 Å². The molecule has 1 N–H and O–H groups in total. The minimum Gasteiger partial charge on any atom is -0.489 e. The normalized spacial score (nSPS) is 11.0. The topological polar surface area (TPSA) is 58.2 Å². The van der Waals surface area contributed by atoms with Crippen molar-refractivity contribution in [2.45, 2.75) is 26.5 Å². The summed E-state index contributed by atoms with van der Waals surface area (Å²) in [6.07, 6.45) is 3.18. The number of amides is 1. The van der Waals surface area contributed by atoms with Crippen LogP contribution >= 0.6 is 0 Å². The van der Waals surface area contributed by atoms with Gasteiger partial charge >= 0.3 is 0 Å². The summed E-state index contributed by atoms with van der Waals surface area (Å²) in [5, 5.41) is 1.14. The lowest BCUT2D eigenvalue weighted by molar-refractivity contribution is 0.0777. The van der Waals surface area contributed by atoms with Gasteiger partial charge in [0.1, 0.15) is 0 Å². The summed E-state index contributed by atoms with van der Waals surface area (Å²) in [6.45, 7) is 4.35. The van der Waals surface area contributed by atoms with E-state index in [1.807, 2.05) is 32.0 Å². The van der Waals surface area contributed by atoms with Gasteiger partial charge < -0.3 is 14.6 Å². The van der Waals surface area contributed by atoms with Gasteiger partial charge in [0.25, 0.3) is 5.91 Å². The van der Waals surface area contributed by atoms with Crippen LogP contribution < -0.4 is 4.74 Å². The highest BCUT2D eigenvalue weighted by molar-refractivity contribution is 5.96. The second-order valence-electron chi connectivity index (χ2n) is 6.08. The third-order valence-corrected chi connectivity index (χ3v) is 3.72. The first kappa shape index (κ1) is 16.1. The molecule has 0 aliphatic rings. The molecule has 24 heavy (non-hydrogen) atoms. The first-order chi connectivity index (χ1) is 11.5. The number of benzene rings is 1. The lowest BCUT2D eigenvalue weighted by Crippen LogP contribution is -2.27. The highest BCUT2D eigenvalue weighted by Crippen LogP contribution is 2.21. The van der Waals surface area contributed by atoms with Gasteiger partial charge in [-0.3, -0.25) is 9.78 Å². The number of carbonyl (C=O) groups is 1. The molecule has 1 amide bonds. The summed E-state index contributed by atoms with van der Waals surface area (Å²) < 4.78 is 5.70. The molecule has 1 aromatic carbocycles. The number of ether oxygens (including phenoxy) is 1. The van der Waals surface area contributed by atoms with Crippen LogP contribution in [0.2, 0.25) is 0 Å². The summed E-state index contributed by atoms with van der Waals surface area (Å²) in [5.74, 6) is 0.424. The molecule has 3 aromatic rings. The van der Waals surface area contributed by atoms with E-state index in [0.29, 0.717) is 17.9 Å². The Morgan fingerprint density at radius 1 is 1.29 bits per heavy atom. The predicted octanol–water partition coefficient (Wildman–Crippen LogP) is 3.62. The Balaban J connectivity index is 1.79. The van der Waals surface area contributed by atoms with E-state index in [-0.39, 0.29) is 12.0 Å². The zero-order chi connectivity index (χ0) is 17.1. The fourth-order valence-corrected chi connectivity index (χ4v) is 2.66. The van der Waals surface area contributed by atoms with Crippen molar-refractivity contribution in [3.05, 3.63) is 60.0 Å². The van der Waals surface area contributed by atoms with Gasteiger partial charge in [-0.1, -0.05) is 18.2 Å². The van der Waals surface area contributed by atoms with Crippen LogP contribution in [-0.2, 0) is 6.54 Å². The van der Waals surface area contributed by atoms with Gasteiger partial charge in [0.05, 0.1) is 24.4 Å². The van der Waals surface area contributed by atoms with Crippen LogP contribution in [0.25, 0.3) is 10.9 Å². The number of hydrogen-bond acceptors (Lipinski definition) is 3. The summed E-state index contributed by atoms with van der Waals surface area (Å²) in [4.78, 5) is 21.8. The zero-order valence-corrected chi connectivity index (χ0v) is 14.1. The highest BCUT2D eigenvalue weighted by Gasteiger charge is 2.18. The molecule has 2 aromatic heterocycles. The number of aromatic nitrogens is 2. The quantitative estimate of drug-likeness (QED) is 0.780. The lowest BCUT2D eigenvalue weighted by Gasteiger charge is -2.19. The molecule has 0 saturated heterocycles. The van der Waals surface area contributed by atoms with Crippen LogP contribution in [0.15, 0.2) is 48.8 Å². The molecule has 0 bridgehead atoms. The van der Waals surface area contributed by atoms with Gasteiger partial charge in [0, 0.05) is 24.5 Å². The van der Waals surface area contributed by atoms with Crippen molar-refractivity contribution in [3.8, 4) is 5.75 Å². The Hall–Kier alpha value is -2.82. The van der Waals surface area contributed by atoms with Crippen molar-refractivity contribution in [1.82, 2.24) is 14.9 Å². The molecule has 5 nitrogen and oxygen atoms in total. The van der Waals surface area contributed by atoms with E-state index >= 15 is 0 Å². The molecule has 5 heteroatoms. The number of carbonyl (C=O) groups excluding carboxylic acids is 1. The number of aromatic amines is 1. The molecular formula is C19H21N3O2. The minimum atomic E-state index is -0.0910. The molecular weight excluding hydrogens is 302 g/mol. The third kappa shape index (κ3) is 3.40. The van der Waals surface area contributed by atoms with Crippen molar-refractivity contribution >= 4 is 16.8 Å². The highest BCUT2D eigenvalue weighted by atomic mass is 16.5. The third-order valence-electron chi connectivity index (χ3n) is 3.72. The first-order valence-corrected chi connectivity index (χ1v) is 7.97. The molecule has 0 fully saturated rings. The fraction of sp³-hybridized carbons (Fsp3) is 0.263. The second-order valence-corrected chi connectivity index (χ2v) is 6.08. The number of hydrogen-bond donors (Lipinski definition) is 1. The Morgan fingerprint density at radius 3 is 2.83 bits per heavy atom. The number of H-pyrrole nitrogens is 1. The zero-order valence-electron chi connectivity index (χ0n) is 14.1. The Morgan fingerprint density at radius 2 is 2.08 bits per heavy atom. The van der Waals surface area contributed by atoms with Crippen molar-refractivity contribution in [1.29, 1.82) is 0 Å². The number of fused-ring (bicyclic) bond motifs is 1. The average Bonchev–Trinajstić information content (AvgIpc) is 2.96. The van der Waals surface area contributed by atoms with Crippen LogP contribution in [0.3, 0.4) is 0 Å². The Kier molecular flexibility index (Phi) is 4.51. The van der Waals surface area contributed by atoms with E-state index in [4.69, 9.17) is 4.74 Å². The number of para-hydroxylation sites is 1. The molecule has 3 rings (SSSR count). The summed E-state index contributed by atoms with van der Waals surface area (Å²) in [7, 11) is 1.79. The fourth-order valence-electron chi connectivity index (χ4n) is 2.66. The Bertz CT molecular complexity index is 821. The summed E-state index contributed by atoms with van der Waals surface area (Å²) >= 11 is 0. The molecule has 0 atom stereocenters. The maximum absolute atomic E-state index is 12.8. The number of nitrogens with one attached hydrogen (secondary N) is 1. The lowest BCUT2D eigenvalue weighted by atomic mass is 10.2. The van der Waals surface area contributed by atoms with Crippen molar-refractivity contribution < 1.29 is 9.53 Å². The van der Waals surface area contributed by atoms with Gasteiger partial charge in [-0.25, -0.2) is 0 Å². The second kappa shape index (κ2) is 6.74. The van der Waals surface area contributed by atoms with Gasteiger partial charge in [-0.05, 0) is 37.4 Å². The maximum atomic E-state index is 12.8. The molecule has 0 unspecified atom stereocenters. The van der Waals surface area contributed by atoms with Crippen LogP contribution in [-0.4, -0.2) is 33.9 Å². The number of rotatable bonds is 5. The molecule has 0 spiro atoms. The number of nitrogens with zero attached hydrogens (tertiary/aromatic N) is 2. The molecule has 0 aliphatic carbocycles. The molecule has 124 valence electrons. The smallest absolute Gasteiger partial charge is 0.257 e. The number of pyridine rings is 1. The predicted molar refractivity (Wildman–Crippen MR) is 94.1 cm³/mol. The SMILES string of the molecule is CC(C)Oc1cnccc1C(=O)N(C)Cc1cc2ccccc2[nH]1. The van der Waals surface area contributed by atoms with Crippen LogP contribution in [0, 0.1) is 0 Å². The minimum absolute atomic E-state index is 0.0141. The largest absolute Gasteiger partial charge is 0.489 e. The van der Waals surface area contributed by atoms with Gasteiger partial charge in [0.2, 0.25) is 0 Å². The molecule has 2 heterocycles. The standard InChI is InChI=1S/C19H21N3O2/c1-13(2)24-18-11-20-9-8-16(18)19(23)22(3)12-15-10-14-6-4-5-7-17(14)21-15/h4-11,13,21H,12H2,1-3H3. The van der Waals surface area contributed by atoms with E-state index in [0.717, 1.165) is 16.6 Å². The molecule has 0 saturated carbocycles. The van der Waals surface area contributed by atoms with Crippen molar-refractivity contribution in [2.75, 3.05) is 7.05 Å². The summed E-state index contributed by atoms with van der Waals surface area (Å²) in [5.41, 5.74) is 2.59. The van der Waals surface area contributed by atoms with E-state index in [1.54, 1.807) is 30.4 Å². The maximum Gasteiger partial charge on any atom is 0.257 e. The monoisotopic (exact) mass is 323 g/mol. The van der Waals surface area contributed by atoms with Crippen molar-refractivity contribution in [2.24, 2.45) is 0 Å². The average molecular weight is 323 g/mol. The summed E-state index contributed by atoms with van der Waals surface area (Å²) in [6, 6.07) is 11.8. The molecule has 0 radical (unpaired) electrons. The van der Waals surface area contributed by atoms with Gasteiger partial charge in [0.15, 0.2) is 5.75 Å². The van der Waals surface area contributed by atoms with E-state index < -0.39 is 0 Å².